The van der Waals surface area contributed by atoms with Gasteiger partial charge in [-0.25, -0.2) is 4.89 Å². The van der Waals surface area contributed by atoms with Crippen LogP contribution in [0.5, 0.6) is 0 Å². The Morgan fingerprint density at radius 3 is 2.32 bits per heavy atom. The fourth-order valence-electron chi connectivity index (χ4n) is 2.47. The highest BCUT2D eigenvalue weighted by atomic mass is 79.9. The van der Waals surface area contributed by atoms with E-state index in [4.69, 9.17) is 9.78 Å². The molecule has 0 aromatic heterocycles. The number of thioether (sulfide) groups is 1. The average molecular weight is 381 g/mol. The Hall–Kier alpha value is -0.850. The van der Waals surface area contributed by atoms with Crippen LogP contribution in [0.2, 0.25) is 0 Å². The monoisotopic (exact) mass is 380 g/mol. The van der Waals surface area contributed by atoms with Gasteiger partial charge in [0.25, 0.3) is 0 Å². The molecule has 0 saturated carbocycles. The first-order valence-electron chi connectivity index (χ1n) is 6.98. The highest BCUT2D eigenvalue weighted by Crippen LogP contribution is 2.43. The van der Waals surface area contributed by atoms with E-state index in [1.807, 2.05) is 43.3 Å². The van der Waals surface area contributed by atoms with E-state index in [9.17, 15) is 5.11 Å². The van der Waals surface area contributed by atoms with Crippen molar-refractivity contribution < 1.29 is 14.9 Å². The van der Waals surface area contributed by atoms with Crippen LogP contribution in [0, 0.1) is 0 Å². The number of benzene rings is 2. The third-order valence-corrected chi connectivity index (χ3v) is 5.54. The van der Waals surface area contributed by atoms with Gasteiger partial charge in [0.15, 0.2) is 0 Å². The lowest BCUT2D eigenvalue weighted by Gasteiger charge is -2.40. The average Bonchev–Trinajstić information content (AvgIpc) is 2.52. The first-order chi connectivity index (χ1) is 10.4. The molecule has 0 amide bonds. The summed E-state index contributed by atoms with van der Waals surface area (Å²) in [4.78, 5) is 12.0. The molecule has 0 saturated heterocycles. The van der Waals surface area contributed by atoms with Crippen molar-refractivity contribution >= 4 is 27.7 Å². The minimum absolute atomic E-state index is 0.615. The smallest absolute Gasteiger partial charge is 0.222 e. The molecule has 116 valence electrons. The van der Waals surface area contributed by atoms with E-state index in [-0.39, 0.29) is 0 Å². The van der Waals surface area contributed by atoms with Gasteiger partial charge in [-0.1, -0.05) is 40.2 Å². The van der Waals surface area contributed by atoms with Gasteiger partial charge in [0.1, 0.15) is 5.60 Å². The number of hydrogen-bond acceptors (Lipinski definition) is 4. The van der Waals surface area contributed by atoms with E-state index in [0.29, 0.717) is 5.75 Å². The summed E-state index contributed by atoms with van der Waals surface area (Å²) in [6, 6.07) is 15.8. The maximum Gasteiger partial charge on any atom is 0.222 e. The molecule has 3 rings (SSSR count). The van der Waals surface area contributed by atoms with Crippen LogP contribution < -0.4 is 0 Å². The van der Waals surface area contributed by atoms with Crippen molar-refractivity contribution in [2.75, 3.05) is 5.75 Å². The van der Waals surface area contributed by atoms with Gasteiger partial charge >= 0.3 is 0 Å². The normalized spacial score (nSPS) is 27.5. The molecule has 1 heterocycles. The Labute approximate surface area is 142 Å². The SMILES string of the molecule is CC1(O)OO[C@@](C)(CSc2ccc(Br)cc2)c2ccccc21. The van der Waals surface area contributed by atoms with Crippen molar-refractivity contribution in [3.63, 3.8) is 0 Å². The second-order valence-electron chi connectivity index (χ2n) is 5.67. The molecule has 0 aliphatic carbocycles. The van der Waals surface area contributed by atoms with Crippen LogP contribution in [-0.4, -0.2) is 10.9 Å². The summed E-state index contributed by atoms with van der Waals surface area (Å²) in [7, 11) is 0. The van der Waals surface area contributed by atoms with Crippen LogP contribution in [0.3, 0.4) is 0 Å². The van der Waals surface area contributed by atoms with E-state index in [1.165, 1.54) is 0 Å². The lowest BCUT2D eigenvalue weighted by atomic mass is 9.88. The van der Waals surface area contributed by atoms with Crippen LogP contribution in [0.4, 0.5) is 0 Å². The molecular formula is C17H17BrO3S. The molecule has 22 heavy (non-hydrogen) atoms. The zero-order valence-corrected chi connectivity index (χ0v) is 14.8. The number of aliphatic hydroxyl groups is 1. The van der Waals surface area contributed by atoms with Crippen LogP contribution in [0.1, 0.15) is 25.0 Å². The Kier molecular flexibility index (Phi) is 4.36. The van der Waals surface area contributed by atoms with E-state index >= 15 is 0 Å². The van der Waals surface area contributed by atoms with Crippen molar-refractivity contribution in [2.24, 2.45) is 0 Å². The number of halogens is 1. The molecule has 0 radical (unpaired) electrons. The molecule has 3 nitrogen and oxygen atoms in total. The minimum Gasteiger partial charge on any atom is -0.360 e. The van der Waals surface area contributed by atoms with Gasteiger partial charge in [0, 0.05) is 20.7 Å². The Morgan fingerprint density at radius 2 is 1.64 bits per heavy atom. The highest BCUT2D eigenvalue weighted by molar-refractivity contribution is 9.10. The first kappa shape index (κ1) is 16.0. The zero-order chi connectivity index (χ0) is 15.8. The van der Waals surface area contributed by atoms with Gasteiger partial charge in [-0.15, -0.1) is 11.8 Å². The maximum absolute atomic E-state index is 10.3. The third-order valence-electron chi connectivity index (χ3n) is 3.71. The van der Waals surface area contributed by atoms with Crippen molar-refractivity contribution in [3.8, 4) is 0 Å². The topological polar surface area (TPSA) is 38.7 Å². The minimum atomic E-state index is -1.42. The van der Waals surface area contributed by atoms with E-state index in [0.717, 1.165) is 20.5 Å². The second kappa shape index (κ2) is 5.98. The summed E-state index contributed by atoms with van der Waals surface area (Å²) >= 11 is 5.13. The second-order valence-corrected chi connectivity index (χ2v) is 7.63. The maximum atomic E-state index is 10.3. The van der Waals surface area contributed by atoms with Gasteiger partial charge in [-0.3, -0.25) is 0 Å². The van der Waals surface area contributed by atoms with Crippen molar-refractivity contribution in [1.29, 1.82) is 0 Å². The van der Waals surface area contributed by atoms with E-state index in [1.54, 1.807) is 18.7 Å². The zero-order valence-electron chi connectivity index (χ0n) is 12.4. The number of hydrogen-bond donors (Lipinski definition) is 1. The van der Waals surface area contributed by atoms with Crippen LogP contribution in [-0.2, 0) is 21.2 Å². The summed E-state index contributed by atoms with van der Waals surface area (Å²) in [5.74, 6) is -0.736. The Morgan fingerprint density at radius 1 is 1.00 bits per heavy atom. The summed E-state index contributed by atoms with van der Waals surface area (Å²) < 4.78 is 1.06. The van der Waals surface area contributed by atoms with Crippen molar-refractivity contribution in [2.45, 2.75) is 30.1 Å². The molecule has 2 aromatic carbocycles. The standard InChI is InChI=1S/C17H17BrO3S/c1-16(11-22-13-9-7-12(18)8-10-13)14-5-3-4-6-15(14)17(2,19)21-20-16/h3-10,19H,11H2,1-2H3/t16-,17?/m0/s1. The van der Waals surface area contributed by atoms with Crippen molar-refractivity contribution in [3.05, 3.63) is 64.1 Å². The largest absolute Gasteiger partial charge is 0.360 e. The number of fused-ring (bicyclic) bond motifs is 1. The van der Waals surface area contributed by atoms with Crippen LogP contribution in [0.25, 0.3) is 0 Å². The molecule has 2 aromatic rings. The lowest BCUT2D eigenvalue weighted by molar-refractivity contribution is -0.471. The van der Waals surface area contributed by atoms with E-state index < -0.39 is 11.4 Å². The number of rotatable bonds is 3. The molecule has 5 heteroatoms. The quantitative estimate of drug-likeness (QED) is 0.624. The van der Waals surface area contributed by atoms with Gasteiger partial charge in [-0.05, 0) is 43.7 Å². The summed E-state index contributed by atoms with van der Waals surface area (Å²) in [6.07, 6.45) is 0. The van der Waals surface area contributed by atoms with Crippen LogP contribution >= 0.6 is 27.7 Å². The summed E-state index contributed by atoms with van der Waals surface area (Å²) in [5, 5.41) is 10.3. The molecule has 0 spiro atoms. The van der Waals surface area contributed by atoms with Gasteiger partial charge in [0.2, 0.25) is 5.79 Å². The van der Waals surface area contributed by atoms with Crippen LogP contribution in [0.15, 0.2) is 57.9 Å². The molecular weight excluding hydrogens is 364 g/mol. The van der Waals surface area contributed by atoms with Gasteiger partial charge in [0.05, 0.1) is 0 Å². The summed E-state index contributed by atoms with van der Waals surface area (Å²) in [5.41, 5.74) is 1.09. The Bertz CT molecular complexity index is 672. The molecule has 1 aliphatic heterocycles. The van der Waals surface area contributed by atoms with Gasteiger partial charge in [-0.2, -0.15) is 4.89 Å². The molecule has 0 fully saturated rings. The fraction of sp³-hybridized carbons (Fsp3) is 0.294. The van der Waals surface area contributed by atoms with Crippen molar-refractivity contribution in [1.82, 2.24) is 0 Å². The first-order valence-corrected chi connectivity index (χ1v) is 8.76. The molecule has 1 aliphatic rings. The predicted octanol–water partition coefficient (Wildman–Crippen LogP) is 4.58. The van der Waals surface area contributed by atoms with E-state index in [2.05, 4.69) is 28.1 Å². The highest BCUT2D eigenvalue weighted by Gasteiger charge is 2.44. The molecule has 2 atom stereocenters. The van der Waals surface area contributed by atoms with Gasteiger partial charge < -0.3 is 5.11 Å². The molecule has 0 bridgehead atoms. The fourth-order valence-corrected chi connectivity index (χ4v) is 3.70. The predicted molar refractivity (Wildman–Crippen MR) is 90.4 cm³/mol. The third kappa shape index (κ3) is 3.09. The molecule has 1 N–H and O–H groups in total. The Balaban J connectivity index is 1.85. The summed E-state index contributed by atoms with van der Waals surface area (Å²) in [6.45, 7) is 3.57. The molecule has 1 unspecified atom stereocenters. The lowest BCUT2D eigenvalue weighted by Crippen LogP contribution is -2.42.